The van der Waals surface area contributed by atoms with Crippen LogP contribution in [0.2, 0.25) is 0 Å². The first-order valence-corrected chi connectivity index (χ1v) is 6.34. The van der Waals surface area contributed by atoms with Crippen LogP contribution in [0.25, 0.3) is 0 Å². The van der Waals surface area contributed by atoms with E-state index in [0.29, 0.717) is 0 Å². The third-order valence-electron chi connectivity index (χ3n) is 2.83. The van der Waals surface area contributed by atoms with Crippen molar-refractivity contribution in [2.45, 2.75) is 26.5 Å². The largest absolute Gasteiger partial charge is 0.497 e. The van der Waals surface area contributed by atoms with Crippen molar-refractivity contribution in [3.8, 4) is 11.5 Å². The van der Waals surface area contributed by atoms with Crippen LogP contribution in [0.4, 0.5) is 0 Å². The van der Waals surface area contributed by atoms with Gasteiger partial charge in [0.2, 0.25) is 0 Å². The number of nitrogens with zero attached hydrogens (tertiary/aromatic N) is 1. The summed E-state index contributed by atoms with van der Waals surface area (Å²) in [4.78, 5) is 2.18. The summed E-state index contributed by atoms with van der Waals surface area (Å²) in [5.41, 5.74) is 1.12. The number of methoxy groups -OCH3 is 2. The molecule has 0 amide bonds. The Balaban J connectivity index is 0.000000771. The second-order valence-corrected chi connectivity index (χ2v) is 4.03. The molecule has 1 aliphatic heterocycles. The fourth-order valence-corrected chi connectivity index (χ4v) is 1.90. The highest BCUT2D eigenvalue weighted by atomic mass is 16.5. The first-order chi connectivity index (χ1) is 8.72. The standard InChI is InChI=1S/C12H17NO3.C2H6/c1-15-11-4-3-9(12(5-11)16-2)6-13-7-10(14)8-13;1-2/h3-5,10,14H,6-8H2,1-2H3;1-2H3. The average Bonchev–Trinajstić information content (AvgIpc) is 2.39. The van der Waals surface area contributed by atoms with E-state index in [1.807, 2.05) is 32.0 Å². The summed E-state index contributed by atoms with van der Waals surface area (Å²) in [6.45, 7) is 6.30. The zero-order chi connectivity index (χ0) is 13.5. The molecule has 102 valence electrons. The second-order valence-electron chi connectivity index (χ2n) is 4.03. The molecule has 0 spiro atoms. The number of β-amino-alcohol motifs (C(OH)–C–C–N with tert-alkyl or cyclic N) is 1. The van der Waals surface area contributed by atoms with E-state index < -0.39 is 0 Å². The first-order valence-electron chi connectivity index (χ1n) is 6.34. The Morgan fingerprint density at radius 2 is 1.89 bits per heavy atom. The highest BCUT2D eigenvalue weighted by Crippen LogP contribution is 2.26. The Morgan fingerprint density at radius 1 is 1.22 bits per heavy atom. The molecular formula is C14H23NO3. The molecule has 0 unspecified atom stereocenters. The lowest BCUT2D eigenvalue weighted by atomic mass is 10.1. The van der Waals surface area contributed by atoms with Crippen LogP contribution in [-0.2, 0) is 6.54 Å². The van der Waals surface area contributed by atoms with Gasteiger partial charge in [-0.15, -0.1) is 0 Å². The van der Waals surface area contributed by atoms with Crippen molar-refractivity contribution in [1.82, 2.24) is 4.90 Å². The van der Waals surface area contributed by atoms with Crippen LogP contribution in [0, 0.1) is 0 Å². The predicted molar refractivity (Wildman–Crippen MR) is 72.2 cm³/mol. The van der Waals surface area contributed by atoms with Crippen molar-refractivity contribution < 1.29 is 14.6 Å². The van der Waals surface area contributed by atoms with E-state index in [2.05, 4.69) is 4.90 Å². The van der Waals surface area contributed by atoms with Gasteiger partial charge in [0.1, 0.15) is 11.5 Å². The van der Waals surface area contributed by atoms with Gasteiger partial charge in [-0.2, -0.15) is 0 Å². The summed E-state index contributed by atoms with van der Waals surface area (Å²) in [6, 6.07) is 5.81. The quantitative estimate of drug-likeness (QED) is 0.890. The number of aliphatic hydroxyl groups is 1. The van der Waals surface area contributed by atoms with Gasteiger partial charge in [0.05, 0.1) is 20.3 Å². The maximum Gasteiger partial charge on any atom is 0.127 e. The Bertz CT molecular complexity index is 362. The molecule has 0 atom stereocenters. The van der Waals surface area contributed by atoms with Gasteiger partial charge in [0.25, 0.3) is 0 Å². The molecule has 1 fully saturated rings. The summed E-state index contributed by atoms with van der Waals surface area (Å²) in [5.74, 6) is 1.63. The lowest BCUT2D eigenvalue weighted by Crippen LogP contribution is -2.49. The van der Waals surface area contributed by atoms with E-state index in [4.69, 9.17) is 9.47 Å². The van der Waals surface area contributed by atoms with Crippen molar-refractivity contribution in [2.75, 3.05) is 27.3 Å². The Hall–Kier alpha value is -1.26. The van der Waals surface area contributed by atoms with Gasteiger partial charge in [-0.05, 0) is 6.07 Å². The molecule has 1 heterocycles. The van der Waals surface area contributed by atoms with Crippen molar-refractivity contribution in [2.24, 2.45) is 0 Å². The van der Waals surface area contributed by atoms with E-state index in [-0.39, 0.29) is 6.10 Å². The molecular weight excluding hydrogens is 230 g/mol. The maximum absolute atomic E-state index is 9.21. The zero-order valence-corrected chi connectivity index (χ0v) is 11.6. The smallest absolute Gasteiger partial charge is 0.127 e. The second kappa shape index (κ2) is 7.24. The molecule has 0 bridgehead atoms. The number of hydrogen-bond acceptors (Lipinski definition) is 4. The maximum atomic E-state index is 9.21. The van der Waals surface area contributed by atoms with E-state index in [1.54, 1.807) is 14.2 Å². The monoisotopic (exact) mass is 253 g/mol. The SMILES string of the molecule is CC.COc1ccc(CN2CC(O)C2)c(OC)c1. The van der Waals surface area contributed by atoms with E-state index in [0.717, 1.165) is 36.7 Å². The molecule has 1 aromatic rings. The number of rotatable bonds is 4. The van der Waals surface area contributed by atoms with Crippen LogP contribution in [0.3, 0.4) is 0 Å². The minimum absolute atomic E-state index is 0.163. The number of hydrogen-bond donors (Lipinski definition) is 1. The summed E-state index contributed by atoms with van der Waals surface area (Å²) in [6.07, 6.45) is -0.163. The molecule has 1 saturated heterocycles. The molecule has 1 aromatic carbocycles. The fourth-order valence-electron chi connectivity index (χ4n) is 1.90. The van der Waals surface area contributed by atoms with Crippen molar-refractivity contribution in [3.05, 3.63) is 23.8 Å². The molecule has 4 heteroatoms. The van der Waals surface area contributed by atoms with Gasteiger partial charge in [0.15, 0.2) is 0 Å². The molecule has 1 N–H and O–H groups in total. The topological polar surface area (TPSA) is 41.9 Å². The zero-order valence-electron chi connectivity index (χ0n) is 11.6. The van der Waals surface area contributed by atoms with Crippen molar-refractivity contribution in [1.29, 1.82) is 0 Å². The number of ether oxygens (including phenoxy) is 2. The van der Waals surface area contributed by atoms with Crippen molar-refractivity contribution in [3.63, 3.8) is 0 Å². The molecule has 0 saturated carbocycles. The van der Waals surface area contributed by atoms with E-state index in [9.17, 15) is 5.11 Å². The van der Waals surface area contributed by atoms with E-state index in [1.165, 1.54) is 0 Å². The molecule has 4 nitrogen and oxygen atoms in total. The molecule has 1 aliphatic rings. The van der Waals surface area contributed by atoms with E-state index >= 15 is 0 Å². The number of likely N-dealkylation sites (tertiary alicyclic amines) is 1. The third kappa shape index (κ3) is 3.62. The number of benzene rings is 1. The highest BCUT2D eigenvalue weighted by Gasteiger charge is 2.24. The van der Waals surface area contributed by atoms with Crippen LogP contribution >= 0.6 is 0 Å². The lowest BCUT2D eigenvalue weighted by molar-refractivity contribution is -0.00322. The van der Waals surface area contributed by atoms with Crippen LogP contribution in [-0.4, -0.2) is 43.4 Å². The van der Waals surface area contributed by atoms with Crippen LogP contribution < -0.4 is 9.47 Å². The van der Waals surface area contributed by atoms with Gasteiger partial charge < -0.3 is 14.6 Å². The summed E-state index contributed by atoms with van der Waals surface area (Å²) in [7, 11) is 3.30. The number of aliphatic hydroxyl groups excluding tert-OH is 1. The Morgan fingerprint density at radius 3 is 2.39 bits per heavy atom. The summed E-state index contributed by atoms with van der Waals surface area (Å²) >= 11 is 0. The summed E-state index contributed by atoms with van der Waals surface area (Å²) in [5, 5.41) is 9.21. The molecule has 2 rings (SSSR count). The minimum atomic E-state index is -0.163. The van der Waals surface area contributed by atoms with Crippen LogP contribution in [0.1, 0.15) is 19.4 Å². The van der Waals surface area contributed by atoms with Crippen LogP contribution in [0.5, 0.6) is 11.5 Å². The van der Waals surface area contributed by atoms with Crippen molar-refractivity contribution >= 4 is 0 Å². The molecule has 0 aromatic heterocycles. The Labute approximate surface area is 109 Å². The first kappa shape index (κ1) is 14.8. The average molecular weight is 253 g/mol. The van der Waals surface area contributed by atoms with Gasteiger partial charge in [0, 0.05) is 31.3 Å². The van der Waals surface area contributed by atoms with Gasteiger partial charge in [-0.3, -0.25) is 4.90 Å². The summed E-state index contributed by atoms with van der Waals surface area (Å²) < 4.78 is 10.5. The minimum Gasteiger partial charge on any atom is -0.497 e. The predicted octanol–water partition coefficient (Wildman–Crippen LogP) is 1.91. The third-order valence-corrected chi connectivity index (χ3v) is 2.83. The molecule has 0 radical (unpaired) electrons. The van der Waals surface area contributed by atoms with Crippen LogP contribution in [0.15, 0.2) is 18.2 Å². The lowest BCUT2D eigenvalue weighted by Gasteiger charge is -2.36. The van der Waals surface area contributed by atoms with Gasteiger partial charge >= 0.3 is 0 Å². The molecule has 0 aliphatic carbocycles. The molecule has 18 heavy (non-hydrogen) atoms. The normalized spacial score (nSPS) is 15.4. The van der Waals surface area contributed by atoms with Gasteiger partial charge in [-0.1, -0.05) is 19.9 Å². The highest BCUT2D eigenvalue weighted by molar-refractivity contribution is 5.40. The Kier molecular flexibility index (Phi) is 5.95. The van der Waals surface area contributed by atoms with Gasteiger partial charge in [-0.25, -0.2) is 0 Å². The fraction of sp³-hybridized carbons (Fsp3) is 0.571.